The van der Waals surface area contributed by atoms with Gasteiger partial charge in [-0.05, 0) is 24.8 Å². The Balaban J connectivity index is 2.00. The van der Waals surface area contributed by atoms with Gasteiger partial charge in [-0.1, -0.05) is 0 Å². The highest BCUT2D eigenvalue weighted by Gasteiger charge is 2.22. The molecule has 0 unspecified atom stereocenters. The monoisotopic (exact) mass is 285 g/mol. The van der Waals surface area contributed by atoms with Crippen LogP contribution in [0.4, 0.5) is 5.82 Å². The fourth-order valence-electron chi connectivity index (χ4n) is 2.86. The Hall–Kier alpha value is -1.95. The second-order valence-electron chi connectivity index (χ2n) is 5.05. The molecule has 5 nitrogen and oxygen atoms in total. The maximum Gasteiger partial charge on any atom is 0.199 e. The van der Waals surface area contributed by atoms with Crippen molar-refractivity contribution in [3.63, 3.8) is 0 Å². The third kappa shape index (κ3) is 1.57. The summed E-state index contributed by atoms with van der Waals surface area (Å²) in [6.45, 7) is 0. The van der Waals surface area contributed by atoms with Gasteiger partial charge in [0.2, 0.25) is 0 Å². The molecule has 20 heavy (non-hydrogen) atoms. The zero-order valence-electron chi connectivity index (χ0n) is 11.5. The van der Waals surface area contributed by atoms with Crippen molar-refractivity contribution >= 4 is 27.4 Å². The maximum atomic E-state index is 4.73. The van der Waals surface area contributed by atoms with Crippen LogP contribution >= 0.6 is 11.3 Å². The molecule has 3 aromatic heterocycles. The number of imidazole rings is 1. The molecule has 0 saturated carbocycles. The van der Waals surface area contributed by atoms with Crippen LogP contribution in [-0.2, 0) is 19.9 Å². The fourth-order valence-corrected chi connectivity index (χ4v) is 4.12. The molecular formula is C14H15N5S. The first-order chi connectivity index (χ1) is 9.78. The molecule has 1 N–H and O–H groups in total. The van der Waals surface area contributed by atoms with Crippen LogP contribution in [0.5, 0.6) is 0 Å². The molecule has 6 heteroatoms. The molecule has 3 heterocycles. The summed E-state index contributed by atoms with van der Waals surface area (Å²) >= 11 is 1.81. The molecule has 1 aliphatic carbocycles. The Bertz CT molecular complexity index is 801. The lowest BCUT2D eigenvalue weighted by Gasteiger charge is -2.06. The van der Waals surface area contributed by atoms with Gasteiger partial charge in [0, 0.05) is 31.4 Å². The van der Waals surface area contributed by atoms with Gasteiger partial charge in [-0.2, -0.15) is 0 Å². The fraction of sp³-hybridized carbons (Fsp3) is 0.357. The number of hydrogen-bond donors (Lipinski definition) is 1. The first-order valence-electron chi connectivity index (χ1n) is 6.75. The lowest BCUT2D eigenvalue weighted by atomic mass is 10.2. The van der Waals surface area contributed by atoms with Crippen LogP contribution in [0.15, 0.2) is 12.4 Å². The summed E-state index contributed by atoms with van der Waals surface area (Å²) in [7, 11) is 3.88. The Morgan fingerprint density at radius 2 is 2.20 bits per heavy atom. The molecule has 0 amide bonds. The highest BCUT2D eigenvalue weighted by molar-refractivity contribution is 7.19. The van der Waals surface area contributed by atoms with Gasteiger partial charge in [0.15, 0.2) is 11.6 Å². The van der Waals surface area contributed by atoms with E-state index >= 15 is 0 Å². The standard InChI is InChI=1S/C14H15N5S/c1-15-11-10-8-4-3-5-9(8)20-14(10)18-12(17-11)13-16-6-7-19(13)2/h6-7H,3-5H2,1-2H3,(H,15,17,18). The van der Waals surface area contributed by atoms with Crippen molar-refractivity contribution in [2.75, 3.05) is 12.4 Å². The van der Waals surface area contributed by atoms with Crippen molar-refractivity contribution in [1.82, 2.24) is 19.5 Å². The van der Waals surface area contributed by atoms with E-state index < -0.39 is 0 Å². The summed E-state index contributed by atoms with van der Waals surface area (Å²) in [5.74, 6) is 2.42. The van der Waals surface area contributed by atoms with E-state index in [2.05, 4.69) is 15.3 Å². The topological polar surface area (TPSA) is 55.6 Å². The lowest BCUT2D eigenvalue weighted by Crippen LogP contribution is -2.01. The number of aromatic nitrogens is 4. The first kappa shape index (κ1) is 11.8. The second-order valence-corrected chi connectivity index (χ2v) is 6.13. The lowest BCUT2D eigenvalue weighted by molar-refractivity contribution is 0.908. The molecule has 0 spiro atoms. The van der Waals surface area contributed by atoms with E-state index in [1.807, 2.05) is 24.9 Å². The number of rotatable bonds is 2. The molecule has 4 rings (SSSR count). The summed E-state index contributed by atoms with van der Waals surface area (Å²) in [5, 5.41) is 4.44. The van der Waals surface area contributed by atoms with Crippen LogP contribution in [0.2, 0.25) is 0 Å². The third-order valence-corrected chi connectivity index (χ3v) is 5.01. The number of thiophene rings is 1. The summed E-state index contributed by atoms with van der Waals surface area (Å²) in [6, 6.07) is 0. The Morgan fingerprint density at radius 3 is 2.95 bits per heavy atom. The molecular weight excluding hydrogens is 270 g/mol. The highest BCUT2D eigenvalue weighted by atomic mass is 32.1. The second kappa shape index (κ2) is 4.28. The molecule has 0 atom stereocenters. The van der Waals surface area contributed by atoms with Crippen LogP contribution < -0.4 is 5.32 Å². The van der Waals surface area contributed by atoms with Crippen molar-refractivity contribution < 1.29 is 0 Å². The molecule has 0 bridgehead atoms. The quantitative estimate of drug-likeness (QED) is 0.786. The zero-order valence-corrected chi connectivity index (χ0v) is 12.3. The summed E-state index contributed by atoms with van der Waals surface area (Å²) in [4.78, 5) is 16.3. The minimum Gasteiger partial charge on any atom is -0.372 e. The van der Waals surface area contributed by atoms with Crippen molar-refractivity contribution in [3.05, 3.63) is 22.8 Å². The maximum absolute atomic E-state index is 4.73. The SMILES string of the molecule is CNc1nc(-c2nccn2C)nc2sc3c(c12)CCC3. The van der Waals surface area contributed by atoms with Crippen molar-refractivity contribution in [3.8, 4) is 11.6 Å². The Morgan fingerprint density at radius 1 is 1.30 bits per heavy atom. The van der Waals surface area contributed by atoms with Gasteiger partial charge in [0.05, 0.1) is 5.39 Å². The van der Waals surface area contributed by atoms with Crippen molar-refractivity contribution in [2.24, 2.45) is 7.05 Å². The largest absolute Gasteiger partial charge is 0.372 e. The molecule has 0 saturated heterocycles. The third-order valence-electron chi connectivity index (χ3n) is 3.82. The van der Waals surface area contributed by atoms with E-state index in [0.29, 0.717) is 5.82 Å². The van der Waals surface area contributed by atoms with Crippen LogP contribution in [0, 0.1) is 0 Å². The van der Waals surface area contributed by atoms with Gasteiger partial charge in [-0.25, -0.2) is 15.0 Å². The van der Waals surface area contributed by atoms with Gasteiger partial charge in [0.1, 0.15) is 10.6 Å². The van der Waals surface area contributed by atoms with Gasteiger partial charge < -0.3 is 9.88 Å². The summed E-state index contributed by atoms with van der Waals surface area (Å²) in [5.41, 5.74) is 1.45. The van der Waals surface area contributed by atoms with Crippen LogP contribution in [0.1, 0.15) is 16.9 Å². The van der Waals surface area contributed by atoms with E-state index in [4.69, 9.17) is 4.98 Å². The number of nitrogens with zero attached hydrogens (tertiary/aromatic N) is 4. The normalized spacial score (nSPS) is 13.9. The molecule has 1 aliphatic rings. The van der Waals surface area contributed by atoms with Crippen molar-refractivity contribution in [2.45, 2.75) is 19.3 Å². The van der Waals surface area contributed by atoms with E-state index in [1.165, 1.54) is 28.7 Å². The minimum atomic E-state index is 0.689. The smallest absolute Gasteiger partial charge is 0.199 e. The zero-order chi connectivity index (χ0) is 13.7. The van der Waals surface area contributed by atoms with E-state index in [0.717, 1.165) is 22.9 Å². The summed E-state index contributed by atoms with van der Waals surface area (Å²) in [6.07, 6.45) is 7.26. The number of anilines is 1. The molecule has 102 valence electrons. The van der Waals surface area contributed by atoms with Crippen LogP contribution in [0.25, 0.3) is 21.9 Å². The van der Waals surface area contributed by atoms with Crippen LogP contribution in [-0.4, -0.2) is 26.6 Å². The van der Waals surface area contributed by atoms with E-state index in [1.54, 1.807) is 17.5 Å². The van der Waals surface area contributed by atoms with Gasteiger partial charge >= 0.3 is 0 Å². The molecule has 0 radical (unpaired) electrons. The van der Waals surface area contributed by atoms with Crippen molar-refractivity contribution in [1.29, 1.82) is 0 Å². The highest BCUT2D eigenvalue weighted by Crippen LogP contribution is 2.40. The first-order valence-corrected chi connectivity index (χ1v) is 7.57. The van der Waals surface area contributed by atoms with Gasteiger partial charge in [0.25, 0.3) is 0 Å². The minimum absolute atomic E-state index is 0.689. The molecule has 3 aromatic rings. The molecule has 0 fully saturated rings. The number of nitrogens with one attached hydrogen (secondary N) is 1. The van der Waals surface area contributed by atoms with Gasteiger partial charge in [-0.3, -0.25) is 0 Å². The molecule has 0 aliphatic heterocycles. The predicted octanol–water partition coefficient (Wildman–Crippen LogP) is 2.62. The Labute approximate surface area is 120 Å². The van der Waals surface area contributed by atoms with Gasteiger partial charge in [-0.15, -0.1) is 11.3 Å². The van der Waals surface area contributed by atoms with E-state index in [9.17, 15) is 0 Å². The average Bonchev–Trinajstić information content (AvgIpc) is 3.12. The summed E-state index contributed by atoms with van der Waals surface area (Å²) < 4.78 is 1.95. The van der Waals surface area contributed by atoms with Crippen LogP contribution in [0.3, 0.4) is 0 Å². The average molecular weight is 285 g/mol. The number of hydrogen-bond acceptors (Lipinski definition) is 5. The Kier molecular flexibility index (Phi) is 2.53. The number of aryl methyl sites for hydroxylation is 3. The molecule has 0 aromatic carbocycles. The van der Waals surface area contributed by atoms with E-state index in [-0.39, 0.29) is 0 Å². The predicted molar refractivity (Wildman–Crippen MR) is 81.2 cm³/mol. The number of fused-ring (bicyclic) bond motifs is 3.